The van der Waals surface area contributed by atoms with E-state index in [0.29, 0.717) is 22.6 Å². The topological polar surface area (TPSA) is 166 Å². The predicted octanol–water partition coefficient (Wildman–Crippen LogP) is 4.52. The normalized spacial score (nSPS) is 10.9. The Bertz CT molecular complexity index is 2060. The summed E-state index contributed by atoms with van der Waals surface area (Å²) in [4.78, 5) is 43.2. The lowest BCUT2D eigenvalue weighted by Gasteiger charge is -2.20. The number of amides is 2. The van der Waals surface area contributed by atoms with Gasteiger partial charge in [-0.25, -0.2) is 13.8 Å². The first-order valence-corrected chi connectivity index (χ1v) is 13.4. The highest BCUT2D eigenvalue weighted by Crippen LogP contribution is 2.37. The molecule has 5 rings (SSSR count). The maximum absolute atomic E-state index is 15.9. The van der Waals surface area contributed by atoms with E-state index in [1.165, 1.54) is 56.3 Å². The molecule has 12 heteroatoms. The molecule has 2 aromatic heterocycles. The van der Waals surface area contributed by atoms with Gasteiger partial charge in [-0.05, 0) is 47.5 Å². The summed E-state index contributed by atoms with van der Waals surface area (Å²) in [6.45, 7) is 0. The summed E-state index contributed by atoms with van der Waals surface area (Å²) in [6, 6.07) is 15.6. The fourth-order valence-electron chi connectivity index (χ4n) is 5.27. The van der Waals surface area contributed by atoms with Crippen LogP contribution in [-0.2, 0) is 7.05 Å². The Morgan fingerprint density at radius 3 is 2.02 bits per heavy atom. The number of anilines is 1. The van der Waals surface area contributed by atoms with Crippen LogP contribution in [0, 0.1) is 11.6 Å². The first kappa shape index (κ1) is 30.4. The number of primary amides is 2. The molecule has 0 spiro atoms. The number of ether oxygens (including phenoxy) is 2. The molecule has 0 fully saturated rings. The van der Waals surface area contributed by atoms with E-state index in [2.05, 4.69) is 4.98 Å². The minimum atomic E-state index is -1.12. The van der Waals surface area contributed by atoms with Crippen LogP contribution in [0.4, 0.5) is 14.6 Å². The second-order valence-corrected chi connectivity index (χ2v) is 9.99. The Morgan fingerprint density at radius 2 is 1.42 bits per heavy atom. The van der Waals surface area contributed by atoms with Crippen LogP contribution in [-0.4, -0.2) is 35.6 Å². The van der Waals surface area contributed by atoms with Crippen LogP contribution >= 0.6 is 0 Å². The zero-order valence-corrected chi connectivity index (χ0v) is 24.4. The van der Waals surface area contributed by atoms with Gasteiger partial charge in [0, 0.05) is 35.5 Å². The maximum Gasteiger partial charge on any atom is 0.266 e. The second kappa shape index (κ2) is 11.9. The van der Waals surface area contributed by atoms with Crippen LogP contribution < -0.4 is 32.1 Å². The van der Waals surface area contributed by atoms with E-state index >= 15 is 4.39 Å². The molecule has 2 heterocycles. The van der Waals surface area contributed by atoms with E-state index in [4.69, 9.17) is 26.7 Å². The molecule has 10 nitrogen and oxygen atoms in total. The molecule has 0 saturated heterocycles. The number of nitrogens with two attached hydrogens (primary N) is 3. The van der Waals surface area contributed by atoms with Crippen LogP contribution in [0.25, 0.3) is 44.6 Å². The lowest BCUT2D eigenvalue weighted by molar-refractivity contribution is 0.0981. The van der Waals surface area contributed by atoms with Crippen LogP contribution in [0.3, 0.4) is 0 Å². The van der Waals surface area contributed by atoms with E-state index < -0.39 is 34.4 Å². The van der Waals surface area contributed by atoms with Crippen molar-refractivity contribution in [1.29, 1.82) is 0 Å². The standard InChI is InChI=1S/C33H27F2N5O5/c1-40-28(27(32(37)42)30(41)26(29(40)33(38)43)16-4-8-20(34)9-5-16)18-6-10-21(23(35)13-18)22-12-19(15-39-31(22)36)17-7-11-24(44-2)25(14-17)45-3/h4-15H,1-3H3,(H2,36,39)(H2,37,42)(H2,38,43). The second-order valence-electron chi connectivity index (χ2n) is 9.99. The van der Waals surface area contributed by atoms with Crippen molar-refractivity contribution in [3.63, 3.8) is 0 Å². The first-order chi connectivity index (χ1) is 21.5. The fourth-order valence-corrected chi connectivity index (χ4v) is 5.27. The van der Waals surface area contributed by atoms with Crippen molar-refractivity contribution in [2.24, 2.45) is 18.5 Å². The van der Waals surface area contributed by atoms with Crippen molar-refractivity contribution in [3.05, 3.63) is 106 Å². The van der Waals surface area contributed by atoms with Crippen molar-refractivity contribution in [3.8, 4) is 56.1 Å². The van der Waals surface area contributed by atoms with Crippen molar-refractivity contribution in [2.45, 2.75) is 0 Å². The molecule has 6 N–H and O–H groups in total. The number of nitrogen functional groups attached to an aromatic ring is 1. The van der Waals surface area contributed by atoms with Gasteiger partial charge in [0.1, 0.15) is 28.7 Å². The number of carbonyl (C=O) groups is 2. The van der Waals surface area contributed by atoms with Crippen molar-refractivity contribution >= 4 is 17.6 Å². The lowest BCUT2D eigenvalue weighted by Crippen LogP contribution is -2.32. The van der Waals surface area contributed by atoms with Crippen molar-refractivity contribution in [2.75, 3.05) is 20.0 Å². The zero-order valence-electron chi connectivity index (χ0n) is 24.4. The molecule has 45 heavy (non-hydrogen) atoms. The highest BCUT2D eigenvalue weighted by atomic mass is 19.1. The molecule has 0 aliphatic rings. The molecule has 0 unspecified atom stereocenters. The Kier molecular flexibility index (Phi) is 8.06. The van der Waals surface area contributed by atoms with Gasteiger partial charge in [0.15, 0.2) is 11.5 Å². The molecule has 0 bridgehead atoms. The minimum absolute atomic E-state index is 0.0516. The van der Waals surface area contributed by atoms with Crippen LogP contribution in [0.5, 0.6) is 11.5 Å². The molecule has 2 amide bonds. The summed E-state index contributed by atoms with van der Waals surface area (Å²) >= 11 is 0. The Morgan fingerprint density at radius 1 is 0.778 bits per heavy atom. The number of benzene rings is 3. The number of rotatable bonds is 8. The van der Waals surface area contributed by atoms with Gasteiger partial charge in [-0.3, -0.25) is 14.4 Å². The molecule has 3 aromatic carbocycles. The third-order valence-corrected chi connectivity index (χ3v) is 7.38. The van der Waals surface area contributed by atoms with E-state index in [9.17, 15) is 18.8 Å². The number of halogens is 2. The Balaban J connectivity index is 1.68. The van der Waals surface area contributed by atoms with E-state index in [-0.39, 0.29) is 45.0 Å². The van der Waals surface area contributed by atoms with Gasteiger partial charge in [-0.1, -0.05) is 30.3 Å². The molecule has 228 valence electrons. The molecule has 5 aromatic rings. The number of carbonyl (C=O) groups excluding carboxylic acids is 2. The molecule has 0 atom stereocenters. The Labute approximate surface area is 255 Å². The smallest absolute Gasteiger partial charge is 0.266 e. The molecular formula is C33H27F2N5O5. The van der Waals surface area contributed by atoms with Gasteiger partial charge >= 0.3 is 0 Å². The van der Waals surface area contributed by atoms with E-state index in [0.717, 1.165) is 18.2 Å². The average molecular weight is 612 g/mol. The van der Waals surface area contributed by atoms with Gasteiger partial charge < -0.3 is 31.2 Å². The maximum atomic E-state index is 15.9. The number of nitrogens with zero attached hydrogens (tertiary/aromatic N) is 2. The van der Waals surface area contributed by atoms with Gasteiger partial charge in [0.05, 0.1) is 25.5 Å². The third-order valence-electron chi connectivity index (χ3n) is 7.38. The highest BCUT2D eigenvalue weighted by molar-refractivity contribution is 6.05. The van der Waals surface area contributed by atoms with Gasteiger partial charge in [0.25, 0.3) is 11.8 Å². The number of pyridine rings is 2. The van der Waals surface area contributed by atoms with Gasteiger partial charge in [-0.15, -0.1) is 0 Å². The number of hydrogen-bond donors (Lipinski definition) is 3. The fraction of sp³-hybridized carbons (Fsp3) is 0.0909. The van der Waals surface area contributed by atoms with Crippen LogP contribution in [0.1, 0.15) is 20.8 Å². The van der Waals surface area contributed by atoms with Gasteiger partial charge in [-0.2, -0.15) is 0 Å². The molecule has 0 saturated carbocycles. The predicted molar refractivity (Wildman–Crippen MR) is 166 cm³/mol. The van der Waals surface area contributed by atoms with E-state index in [1.807, 2.05) is 0 Å². The van der Waals surface area contributed by atoms with Crippen LogP contribution in [0.2, 0.25) is 0 Å². The molecule has 0 aliphatic carbocycles. The summed E-state index contributed by atoms with van der Waals surface area (Å²) in [7, 11) is 4.41. The molecular weight excluding hydrogens is 584 g/mol. The number of methoxy groups -OCH3 is 2. The molecule has 0 radical (unpaired) electrons. The monoisotopic (exact) mass is 611 g/mol. The first-order valence-electron chi connectivity index (χ1n) is 13.4. The largest absolute Gasteiger partial charge is 0.493 e. The third kappa shape index (κ3) is 5.44. The summed E-state index contributed by atoms with van der Waals surface area (Å²) in [5.41, 5.74) is 17.2. The summed E-state index contributed by atoms with van der Waals surface area (Å²) in [5.74, 6) is -2.41. The lowest BCUT2D eigenvalue weighted by atomic mass is 9.94. The summed E-state index contributed by atoms with van der Waals surface area (Å²) in [5, 5.41) is 0. The van der Waals surface area contributed by atoms with Crippen molar-refractivity contribution < 1.29 is 27.8 Å². The summed E-state index contributed by atoms with van der Waals surface area (Å²) < 4.78 is 41.4. The van der Waals surface area contributed by atoms with E-state index in [1.54, 1.807) is 24.3 Å². The Hall–Kier alpha value is -6.04. The zero-order chi connectivity index (χ0) is 32.6. The van der Waals surface area contributed by atoms with Crippen LogP contribution in [0.15, 0.2) is 77.7 Å². The minimum Gasteiger partial charge on any atom is -0.493 e. The van der Waals surface area contributed by atoms with Gasteiger partial charge in [0.2, 0.25) is 5.43 Å². The quantitative estimate of drug-likeness (QED) is 0.232. The number of hydrogen-bond acceptors (Lipinski definition) is 7. The van der Waals surface area contributed by atoms with Crippen molar-refractivity contribution in [1.82, 2.24) is 9.55 Å². The molecule has 0 aliphatic heterocycles. The summed E-state index contributed by atoms with van der Waals surface area (Å²) in [6.07, 6.45) is 1.54. The highest BCUT2D eigenvalue weighted by Gasteiger charge is 2.28. The SMILES string of the molecule is COc1ccc(-c2cnc(N)c(-c3ccc(-c4c(C(N)=O)c(=O)c(-c5ccc(F)cc5)c(C(N)=O)n4C)cc3F)c2)cc1OC. The average Bonchev–Trinajstić information content (AvgIpc) is 3.01. The number of aromatic nitrogens is 2.